The van der Waals surface area contributed by atoms with Crippen LogP contribution in [0, 0.1) is 5.92 Å². The molecule has 0 unspecified atom stereocenters. The van der Waals surface area contributed by atoms with Crippen LogP contribution in [0.25, 0.3) is 0 Å². The predicted octanol–water partition coefficient (Wildman–Crippen LogP) is 1.78. The predicted molar refractivity (Wildman–Crippen MR) is 101 cm³/mol. The van der Waals surface area contributed by atoms with Gasteiger partial charge in [0.15, 0.2) is 0 Å². The molecule has 1 fully saturated rings. The second kappa shape index (κ2) is 8.83. The number of hydrogen-bond donors (Lipinski definition) is 1. The second-order valence-electron chi connectivity index (χ2n) is 6.72. The Labute approximate surface area is 156 Å². The SMILES string of the molecule is CCOc1ccc([C@@H](C)NC(=O)[C@@H]2CCCN(S(=O)(=O)N(C)C)C2)cc1. The van der Waals surface area contributed by atoms with Crippen molar-refractivity contribution >= 4 is 16.1 Å². The molecule has 1 saturated heterocycles. The summed E-state index contributed by atoms with van der Waals surface area (Å²) in [5, 5.41) is 3.00. The summed E-state index contributed by atoms with van der Waals surface area (Å²) in [5.74, 6) is 0.361. The molecule has 0 saturated carbocycles. The van der Waals surface area contributed by atoms with Gasteiger partial charge in [-0.25, -0.2) is 0 Å². The number of piperidine rings is 1. The number of hydrogen-bond acceptors (Lipinski definition) is 4. The lowest BCUT2D eigenvalue weighted by Crippen LogP contribution is -2.49. The Kier molecular flexibility index (Phi) is 7.02. The number of amides is 1. The quantitative estimate of drug-likeness (QED) is 0.778. The van der Waals surface area contributed by atoms with E-state index >= 15 is 0 Å². The average Bonchev–Trinajstić information content (AvgIpc) is 2.62. The maximum atomic E-state index is 12.6. The summed E-state index contributed by atoms with van der Waals surface area (Å²) in [6.45, 7) is 5.15. The van der Waals surface area contributed by atoms with E-state index in [9.17, 15) is 13.2 Å². The lowest BCUT2D eigenvalue weighted by molar-refractivity contribution is -0.126. The van der Waals surface area contributed by atoms with Crippen molar-refractivity contribution in [2.24, 2.45) is 5.92 Å². The molecular formula is C18H29N3O4S. The highest BCUT2D eigenvalue weighted by Gasteiger charge is 2.33. The molecule has 1 amide bonds. The van der Waals surface area contributed by atoms with Crippen molar-refractivity contribution in [2.75, 3.05) is 33.8 Å². The minimum Gasteiger partial charge on any atom is -0.494 e. The summed E-state index contributed by atoms with van der Waals surface area (Å²) in [5.41, 5.74) is 0.982. The highest BCUT2D eigenvalue weighted by Crippen LogP contribution is 2.22. The number of carbonyl (C=O) groups excluding carboxylic acids is 1. The number of benzene rings is 1. The molecule has 1 aliphatic rings. The Morgan fingerprint density at radius 2 is 2.00 bits per heavy atom. The fourth-order valence-electron chi connectivity index (χ4n) is 3.03. The molecule has 26 heavy (non-hydrogen) atoms. The van der Waals surface area contributed by atoms with Crippen LogP contribution >= 0.6 is 0 Å². The van der Waals surface area contributed by atoms with Gasteiger partial charge < -0.3 is 10.1 Å². The molecule has 1 aliphatic heterocycles. The van der Waals surface area contributed by atoms with Crippen molar-refractivity contribution in [1.82, 2.24) is 13.9 Å². The molecule has 2 atom stereocenters. The van der Waals surface area contributed by atoms with Crippen molar-refractivity contribution in [3.63, 3.8) is 0 Å². The zero-order chi connectivity index (χ0) is 19.3. The molecule has 0 bridgehead atoms. The van der Waals surface area contributed by atoms with E-state index in [1.54, 1.807) is 0 Å². The van der Waals surface area contributed by atoms with Crippen LogP contribution in [-0.2, 0) is 15.0 Å². The van der Waals surface area contributed by atoms with Gasteiger partial charge in [0.2, 0.25) is 5.91 Å². The van der Waals surface area contributed by atoms with Crippen LogP contribution in [0.5, 0.6) is 5.75 Å². The Morgan fingerprint density at radius 1 is 1.35 bits per heavy atom. The fraction of sp³-hybridized carbons (Fsp3) is 0.611. The maximum absolute atomic E-state index is 12.6. The average molecular weight is 384 g/mol. The highest BCUT2D eigenvalue weighted by atomic mass is 32.2. The van der Waals surface area contributed by atoms with Crippen LogP contribution in [0.15, 0.2) is 24.3 Å². The van der Waals surface area contributed by atoms with Crippen LogP contribution < -0.4 is 10.1 Å². The molecule has 8 heteroatoms. The summed E-state index contributed by atoms with van der Waals surface area (Å²) < 4.78 is 32.6. The molecule has 2 rings (SSSR count). The zero-order valence-corrected chi connectivity index (χ0v) is 16.8. The number of nitrogens with zero attached hydrogens (tertiary/aromatic N) is 2. The van der Waals surface area contributed by atoms with Crippen molar-refractivity contribution < 1.29 is 17.9 Å². The molecule has 0 radical (unpaired) electrons. The van der Waals surface area contributed by atoms with Gasteiger partial charge in [-0.15, -0.1) is 0 Å². The van der Waals surface area contributed by atoms with Gasteiger partial charge in [0, 0.05) is 27.2 Å². The molecule has 0 spiro atoms. The van der Waals surface area contributed by atoms with E-state index in [0.29, 0.717) is 26.0 Å². The fourth-order valence-corrected chi connectivity index (χ4v) is 4.22. The van der Waals surface area contributed by atoms with Crippen LogP contribution in [-0.4, -0.2) is 56.7 Å². The lowest BCUT2D eigenvalue weighted by atomic mass is 9.98. The number of carbonyl (C=O) groups is 1. The summed E-state index contributed by atoms with van der Waals surface area (Å²) in [4.78, 5) is 12.6. The third-order valence-corrected chi connectivity index (χ3v) is 6.50. The normalized spacial score (nSPS) is 20.0. The lowest BCUT2D eigenvalue weighted by Gasteiger charge is -2.33. The molecular weight excluding hydrogens is 354 g/mol. The standard InChI is InChI=1S/C18H29N3O4S/c1-5-25-17-10-8-15(9-11-17)14(2)19-18(22)16-7-6-12-21(13-16)26(23,24)20(3)4/h8-11,14,16H,5-7,12-13H2,1-4H3,(H,19,22)/t14-,16-/m1/s1. The van der Waals surface area contributed by atoms with Crippen molar-refractivity contribution in [3.8, 4) is 5.75 Å². The summed E-state index contributed by atoms with van der Waals surface area (Å²) in [7, 11) is -0.471. The van der Waals surface area contributed by atoms with E-state index in [2.05, 4.69) is 5.32 Å². The van der Waals surface area contributed by atoms with Gasteiger partial charge in [-0.1, -0.05) is 12.1 Å². The smallest absolute Gasteiger partial charge is 0.281 e. The Morgan fingerprint density at radius 3 is 2.58 bits per heavy atom. The first kappa shape index (κ1) is 20.7. The van der Waals surface area contributed by atoms with E-state index in [1.165, 1.54) is 22.7 Å². The molecule has 0 aliphatic carbocycles. The van der Waals surface area contributed by atoms with E-state index in [4.69, 9.17) is 4.74 Å². The van der Waals surface area contributed by atoms with E-state index < -0.39 is 10.2 Å². The van der Waals surface area contributed by atoms with Crippen LogP contribution in [0.2, 0.25) is 0 Å². The maximum Gasteiger partial charge on any atom is 0.281 e. The summed E-state index contributed by atoms with van der Waals surface area (Å²) in [6, 6.07) is 7.47. The van der Waals surface area contributed by atoms with Gasteiger partial charge in [-0.05, 0) is 44.4 Å². The van der Waals surface area contributed by atoms with Crippen LogP contribution in [0.1, 0.15) is 38.3 Å². The molecule has 1 N–H and O–H groups in total. The molecule has 146 valence electrons. The van der Waals surface area contributed by atoms with Gasteiger partial charge in [0.25, 0.3) is 10.2 Å². The highest BCUT2D eigenvalue weighted by molar-refractivity contribution is 7.86. The second-order valence-corrected chi connectivity index (χ2v) is 8.86. The van der Waals surface area contributed by atoms with Crippen molar-refractivity contribution in [3.05, 3.63) is 29.8 Å². The summed E-state index contributed by atoms with van der Waals surface area (Å²) in [6.07, 6.45) is 1.38. The van der Waals surface area contributed by atoms with Crippen LogP contribution in [0.4, 0.5) is 0 Å². The first-order valence-electron chi connectivity index (χ1n) is 8.96. The van der Waals surface area contributed by atoms with E-state index in [1.807, 2.05) is 38.1 Å². The molecule has 1 aromatic carbocycles. The van der Waals surface area contributed by atoms with Gasteiger partial charge in [0.1, 0.15) is 5.75 Å². The van der Waals surface area contributed by atoms with Crippen molar-refractivity contribution in [2.45, 2.75) is 32.7 Å². The van der Waals surface area contributed by atoms with Crippen LogP contribution in [0.3, 0.4) is 0 Å². The van der Waals surface area contributed by atoms with Gasteiger partial charge in [0.05, 0.1) is 18.6 Å². The van der Waals surface area contributed by atoms with Crippen molar-refractivity contribution in [1.29, 1.82) is 0 Å². The first-order valence-corrected chi connectivity index (χ1v) is 10.4. The topological polar surface area (TPSA) is 79.0 Å². The molecule has 0 aromatic heterocycles. The van der Waals surface area contributed by atoms with Gasteiger partial charge in [-0.3, -0.25) is 4.79 Å². The largest absolute Gasteiger partial charge is 0.494 e. The summed E-state index contributed by atoms with van der Waals surface area (Å²) >= 11 is 0. The third kappa shape index (κ3) is 4.96. The molecule has 1 aromatic rings. The van der Waals surface area contributed by atoms with E-state index in [-0.39, 0.29) is 24.4 Å². The molecule has 7 nitrogen and oxygen atoms in total. The van der Waals surface area contributed by atoms with Gasteiger partial charge >= 0.3 is 0 Å². The number of rotatable bonds is 7. The van der Waals surface area contributed by atoms with E-state index in [0.717, 1.165) is 11.3 Å². The number of ether oxygens (including phenoxy) is 1. The zero-order valence-electron chi connectivity index (χ0n) is 15.9. The monoisotopic (exact) mass is 383 g/mol. The minimum atomic E-state index is -3.48. The Balaban J connectivity index is 1.98. The number of nitrogens with one attached hydrogen (secondary N) is 1. The third-order valence-electron chi connectivity index (χ3n) is 4.59. The Hall–Kier alpha value is -1.64. The minimum absolute atomic E-state index is 0.106. The molecule has 1 heterocycles. The Bertz CT molecular complexity index is 704. The first-order chi connectivity index (χ1) is 12.3. The van der Waals surface area contributed by atoms with Gasteiger partial charge in [-0.2, -0.15) is 17.0 Å².